The molecule has 0 saturated heterocycles. The molecule has 3 aromatic rings. The molecule has 3 aromatic heterocycles. The summed E-state index contributed by atoms with van der Waals surface area (Å²) in [5.41, 5.74) is 10.4. The van der Waals surface area contributed by atoms with Gasteiger partial charge in [0, 0.05) is 28.9 Å². The number of nitrogens with one attached hydrogen (secondary N) is 1. The lowest BCUT2D eigenvalue weighted by Crippen LogP contribution is -2.06. The van der Waals surface area contributed by atoms with E-state index >= 15 is 0 Å². The Hall–Kier alpha value is -3.67. The Morgan fingerprint density at radius 1 is 1.41 bits per heavy atom. The van der Waals surface area contributed by atoms with Crippen LogP contribution in [0, 0.1) is 25.2 Å². The van der Waals surface area contributed by atoms with Crippen LogP contribution in [0.2, 0.25) is 0 Å². The first-order valence-corrected chi connectivity index (χ1v) is 8.29. The second-order valence-electron chi connectivity index (χ2n) is 5.94. The van der Waals surface area contributed by atoms with Gasteiger partial charge in [-0.25, -0.2) is 9.78 Å². The van der Waals surface area contributed by atoms with Crippen molar-refractivity contribution in [3.8, 4) is 28.5 Å². The zero-order chi connectivity index (χ0) is 19.7. The van der Waals surface area contributed by atoms with Gasteiger partial charge in [0.25, 0.3) is 0 Å². The van der Waals surface area contributed by atoms with E-state index in [4.69, 9.17) is 10.5 Å². The smallest absolute Gasteiger partial charge is 0.356 e. The zero-order valence-electron chi connectivity index (χ0n) is 15.5. The van der Waals surface area contributed by atoms with Gasteiger partial charge in [0.2, 0.25) is 0 Å². The fourth-order valence-corrected chi connectivity index (χ4v) is 3.15. The number of carbonyl (C=O) groups is 1. The van der Waals surface area contributed by atoms with Crippen molar-refractivity contribution in [1.29, 1.82) is 5.26 Å². The lowest BCUT2D eigenvalue weighted by atomic mass is 9.98. The lowest BCUT2D eigenvalue weighted by Gasteiger charge is -2.10. The van der Waals surface area contributed by atoms with Crippen LogP contribution in [0.5, 0.6) is 0 Å². The Morgan fingerprint density at radius 2 is 2.15 bits per heavy atom. The number of aromatic amines is 1. The van der Waals surface area contributed by atoms with Crippen molar-refractivity contribution < 1.29 is 9.53 Å². The van der Waals surface area contributed by atoms with Crippen LogP contribution < -0.4 is 5.73 Å². The van der Waals surface area contributed by atoms with Gasteiger partial charge >= 0.3 is 5.97 Å². The number of H-pyrrole nitrogens is 1. The van der Waals surface area contributed by atoms with Crippen LogP contribution in [0.3, 0.4) is 0 Å². The van der Waals surface area contributed by atoms with E-state index in [1.807, 2.05) is 25.5 Å². The van der Waals surface area contributed by atoms with Crippen LogP contribution in [-0.4, -0.2) is 38.0 Å². The zero-order valence-corrected chi connectivity index (χ0v) is 15.5. The van der Waals surface area contributed by atoms with Gasteiger partial charge in [-0.05, 0) is 26.8 Å². The first-order chi connectivity index (χ1) is 12.9. The van der Waals surface area contributed by atoms with Gasteiger partial charge in [-0.3, -0.25) is 9.78 Å². The maximum atomic E-state index is 12.0. The number of esters is 1. The highest BCUT2D eigenvalue weighted by atomic mass is 16.5. The molecule has 0 unspecified atom stereocenters. The predicted octanol–water partition coefficient (Wildman–Crippen LogP) is 2.21. The number of nitrogens with zero attached hydrogens (tertiary/aromatic N) is 5. The van der Waals surface area contributed by atoms with Crippen molar-refractivity contribution in [3.05, 3.63) is 34.9 Å². The summed E-state index contributed by atoms with van der Waals surface area (Å²) >= 11 is 0. The fraction of sp³-hybridized carbons (Fsp3) is 0.278. The number of pyridine rings is 1. The minimum absolute atomic E-state index is 0.0741. The molecule has 138 valence electrons. The van der Waals surface area contributed by atoms with Gasteiger partial charge in [0.1, 0.15) is 17.5 Å². The number of methoxy groups -OCH3 is 1. The third-order valence-corrected chi connectivity index (χ3v) is 4.42. The highest BCUT2D eigenvalue weighted by Gasteiger charge is 2.23. The first-order valence-electron chi connectivity index (χ1n) is 8.29. The molecular weight excluding hydrogens is 346 g/mol. The Balaban J connectivity index is 2.29. The Morgan fingerprint density at radius 3 is 2.74 bits per heavy atom. The molecule has 9 nitrogen and oxygen atoms in total. The summed E-state index contributed by atoms with van der Waals surface area (Å²) < 4.78 is 6.65. The normalized spacial score (nSPS) is 10.6. The molecule has 0 saturated carbocycles. The van der Waals surface area contributed by atoms with E-state index in [-0.39, 0.29) is 17.1 Å². The molecule has 0 spiro atoms. The van der Waals surface area contributed by atoms with E-state index in [2.05, 4.69) is 26.3 Å². The van der Waals surface area contributed by atoms with Crippen molar-refractivity contribution >= 4 is 11.8 Å². The number of carbonyl (C=O) groups excluding carboxylic acids is 1. The number of ether oxygens (including phenoxy) is 1. The van der Waals surface area contributed by atoms with Crippen LogP contribution in [0.1, 0.15) is 34.4 Å². The number of nitrogens with two attached hydrogens (primary N) is 1. The van der Waals surface area contributed by atoms with Crippen LogP contribution in [0.4, 0.5) is 5.82 Å². The molecule has 3 N–H and O–H groups in total. The van der Waals surface area contributed by atoms with Gasteiger partial charge in [0.15, 0.2) is 5.69 Å². The summed E-state index contributed by atoms with van der Waals surface area (Å²) in [5.74, 6) is -0.514. The summed E-state index contributed by atoms with van der Waals surface area (Å²) in [7, 11) is 1.27. The Bertz CT molecular complexity index is 1070. The van der Waals surface area contributed by atoms with Crippen molar-refractivity contribution in [2.75, 3.05) is 12.8 Å². The third kappa shape index (κ3) is 2.91. The van der Waals surface area contributed by atoms with Gasteiger partial charge in [-0.15, -0.1) is 0 Å². The van der Waals surface area contributed by atoms with Crippen LogP contribution >= 0.6 is 0 Å². The number of rotatable bonds is 4. The lowest BCUT2D eigenvalue weighted by molar-refractivity contribution is 0.0595. The number of aromatic nitrogens is 5. The molecule has 0 aliphatic rings. The minimum atomic E-state index is -0.588. The molecule has 0 atom stereocenters. The molecule has 0 bridgehead atoms. The summed E-state index contributed by atoms with van der Waals surface area (Å²) in [6, 6.07) is 3.78. The standard InChI is InChI=1S/C18H19N7O2/c1-5-25-10(3)15(9(2)24-25)14-6-11(12(7-19)17(20)22-14)13-8-21-23-16(13)18(26)27-4/h6,8H,5H2,1-4H3,(H2,20,22)(H,21,23). The molecule has 0 radical (unpaired) electrons. The molecule has 0 fully saturated rings. The third-order valence-electron chi connectivity index (χ3n) is 4.42. The van der Waals surface area contributed by atoms with Crippen LogP contribution in [0.25, 0.3) is 22.4 Å². The maximum absolute atomic E-state index is 12.0. The van der Waals surface area contributed by atoms with E-state index in [1.54, 1.807) is 6.07 Å². The second kappa shape index (κ2) is 6.92. The van der Waals surface area contributed by atoms with E-state index in [0.29, 0.717) is 16.8 Å². The number of anilines is 1. The average molecular weight is 365 g/mol. The number of nitrogen functional groups attached to an aromatic ring is 1. The van der Waals surface area contributed by atoms with Gasteiger partial charge < -0.3 is 10.5 Å². The minimum Gasteiger partial charge on any atom is -0.464 e. The summed E-state index contributed by atoms with van der Waals surface area (Å²) in [6.07, 6.45) is 1.46. The number of hydrogen-bond donors (Lipinski definition) is 2. The molecule has 0 aliphatic carbocycles. The quantitative estimate of drug-likeness (QED) is 0.676. The molecule has 27 heavy (non-hydrogen) atoms. The van der Waals surface area contributed by atoms with Crippen molar-refractivity contribution in [2.24, 2.45) is 0 Å². The summed E-state index contributed by atoms with van der Waals surface area (Å²) in [4.78, 5) is 16.4. The monoisotopic (exact) mass is 365 g/mol. The summed E-state index contributed by atoms with van der Waals surface area (Å²) in [6.45, 7) is 6.57. The molecule has 0 amide bonds. The number of hydrogen-bond acceptors (Lipinski definition) is 7. The van der Waals surface area contributed by atoms with Crippen LogP contribution in [0.15, 0.2) is 12.3 Å². The molecule has 0 aromatic carbocycles. The van der Waals surface area contributed by atoms with Gasteiger partial charge in [-0.1, -0.05) is 0 Å². The number of aryl methyl sites for hydroxylation is 2. The van der Waals surface area contributed by atoms with E-state index in [1.165, 1.54) is 13.3 Å². The maximum Gasteiger partial charge on any atom is 0.356 e. The average Bonchev–Trinajstić information content (AvgIpc) is 3.24. The highest BCUT2D eigenvalue weighted by molar-refractivity contribution is 5.97. The van der Waals surface area contributed by atoms with E-state index in [9.17, 15) is 10.1 Å². The van der Waals surface area contributed by atoms with E-state index in [0.717, 1.165) is 23.5 Å². The predicted molar refractivity (Wildman–Crippen MR) is 98.7 cm³/mol. The molecular formula is C18H19N7O2. The highest BCUT2D eigenvalue weighted by Crippen LogP contribution is 2.34. The first kappa shape index (κ1) is 18.1. The largest absolute Gasteiger partial charge is 0.464 e. The molecule has 9 heteroatoms. The van der Waals surface area contributed by atoms with Crippen LogP contribution in [-0.2, 0) is 11.3 Å². The second-order valence-corrected chi connectivity index (χ2v) is 5.94. The topological polar surface area (TPSA) is 136 Å². The Labute approximate surface area is 155 Å². The van der Waals surface area contributed by atoms with Gasteiger partial charge in [0.05, 0.1) is 24.7 Å². The summed E-state index contributed by atoms with van der Waals surface area (Å²) in [5, 5.41) is 20.6. The molecule has 3 rings (SSSR count). The SMILES string of the molecule is CCn1nc(C)c(-c2cc(-c3cn[nH]c3C(=O)OC)c(C#N)c(N)n2)c1C. The molecule has 3 heterocycles. The fourth-order valence-electron chi connectivity index (χ4n) is 3.15. The van der Waals surface area contributed by atoms with Crippen molar-refractivity contribution in [2.45, 2.75) is 27.3 Å². The van der Waals surface area contributed by atoms with Crippen molar-refractivity contribution in [1.82, 2.24) is 25.0 Å². The Kier molecular flexibility index (Phi) is 4.64. The van der Waals surface area contributed by atoms with Gasteiger partial charge in [-0.2, -0.15) is 15.5 Å². The molecule has 0 aliphatic heterocycles. The van der Waals surface area contributed by atoms with E-state index < -0.39 is 5.97 Å². The number of nitriles is 1. The van der Waals surface area contributed by atoms with Crippen molar-refractivity contribution in [3.63, 3.8) is 0 Å².